The molecule has 3 aromatic rings. The molecule has 2 heterocycles. The summed E-state index contributed by atoms with van der Waals surface area (Å²) in [5.74, 6) is 0. The lowest BCUT2D eigenvalue weighted by molar-refractivity contribution is -0.137. The van der Waals surface area contributed by atoms with Gasteiger partial charge in [-0.25, -0.2) is 4.98 Å². The van der Waals surface area contributed by atoms with Crippen LogP contribution in [0.15, 0.2) is 36.7 Å². The van der Waals surface area contributed by atoms with Gasteiger partial charge in [-0.2, -0.15) is 13.2 Å². The number of fused-ring (bicyclic) bond motifs is 1. The summed E-state index contributed by atoms with van der Waals surface area (Å²) in [4.78, 5) is 7.03. The van der Waals surface area contributed by atoms with Gasteiger partial charge in [0.25, 0.3) is 0 Å². The first-order valence-corrected chi connectivity index (χ1v) is 6.62. The van der Waals surface area contributed by atoms with Crippen LogP contribution in [-0.4, -0.2) is 9.97 Å². The third kappa shape index (κ3) is 2.47. The fourth-order valence-electron chi connectivity index (χ4n) is 2.13. The smallest absolute Gasteiger partial charge is 0.361 e. The average molecular weight is 331 g/mol. The Labute approximate surface area is 127 Å². The van der Waals surface area contributed by atoms with E-state index in [4.69, 9.17) is 23.2 Å². The predicted octanol–water partition coefficient (Wildman–Crippen LogP) is 5.56. The number of aromatic amines is 1. The summed E-state index contributed by atoms with van der Waals surface area (Å²) in [5.41, 5.74) is 0.942. The van der Waals surface area contributed by atoms with E-state index in [0.717, 1.165) is 12.1 Å². The number of H-pyrrole nitrogens is 1. The van der Waals surface area contributed by atoms with E-state index in [2.05, 4.69) is 9.97 Å². The topological polar surface area (TPSA) is 28.7 Å². The molecule has 7 heteroatoms. The number of aromatic nitrogens is 2. The number of hydrogen-bond donors (Lipinski definition) is 1. The minimum Gasteiger partial charge on any atom is -0.361 e. The molecule has 2 nitrogen and oxygen atoms in total. The molecular formula is C14H7Cl2F3N2. The number of hydrogen-bond acceptors (Lipinski definition) is 1. The van der Waals surface area contributed by atoms with Crippen LogP contribution in [0.4, 0.5) is 13.2 Å². The highest BCUT2D eigenvalue weighted by molar-refractivity contribution is 6.35. The minimum absolute atomic E-state index is 0.00449. The molecular weight excluding hydrogens is 324 g/mol. The number of alkyl halides is 3. The van der Waals surface area contributed by atoms with E-state index < -0.39 is 11.7 Å². The predicted molar refractivity (Wildman–Crippen MR) is 76.6 cm³/mol. The fraction of sp³-hybridized carbons (Fsp3) is 0.0714. The van der Waals surface area contributed by atoms with E-state index in [1.807, 2.05) is 0 Å². The zero-order valence-corrected chi connectivity index (χ0v) is 11.8. The Balaban J connectivity index is 2.20. The van der Waals surface area contributed by atoms with E-state index >= 15 is 0 Å². The number of halogens is 5. The van der Waals surface area contributed by atoms with E-state index in [0.29, 0.717) is 27.2 Å². The van der Waals surface area contributed by atoms with Gasteiger partial charge in [0.05, 0.1) is 11.1 Å². The van der Waals surface area contributed by atoms with Gasteiger partial charge in [0, 0.05) is 33.9 Å². The summed E-state index contributed by atoms with van der Waals surface area (Å²) >= 11 is 12.0. The van der Waals surface area contributed by atoms with Crippen molar-refractivity contribution in [3.8, 4) is 11.1 Å². The zero-order valence-electron chi connectivity index (χ0n) is 10.3. The lowest BCUT2D eigenvalue weighted by atomic mass is 10.0. The van der Waals surface area contributed by atoms with Crippen LogP contribution in [0.3, 0.4) is 0 Å². The summed E-state index contributed by atoms with van der Waals surface area (Å²) < 4.78 is 38.0. The van der Waals surface area contributed by atoms with Gasteiger partial charge in [-0.15, -0.1) is 0 Å². The monoisotopic (exact) mass is 330 g/mol. The normalized spacial score (nSPS) is 12.0. The van der Waals surface area contributed by atoms with Crippen LogP contribution in [0.5, 0.6) is 0 Å². The molecule has 0 bridgehead atoms. The number of pyridine rings is 1. The SMILES string of the molecule is FC(F)(F)c1ccc(-c2cnc(Cl)c3cc[nH]c23)c(Cl)c1. The lowest BCUT2D eigenvalue weighted by Gasteiger charge is -2.11. The van der Waals surface area contributed by atoms with Crippen molar-refractivity contribution < 1.29 is 13.2 Å². The fourth-order valence-corrected chi connectivity index (χ4v) is 2.62. The van der Waals surface area contributed by atoms with Crippen LogP contribution in [0, 0.1) is 0 Å². The molecule has 0 saturated carbocycles. The Kier molecular flexibility index (Phi) is 3.34. The first-order valence-electron chi connectivity index (χ1n) is 5.86. The molecule has 3 rings (SSSR count). The number of nitrogens with zero attached hydrogens (tertiary/aromatic N) is 1. The van der Waals surface area contributed by atoms with E-state index in [9.17, 15) is 13.2 Å². The van der Waals surface area contributed by atoms with Crippen molar-refractivity contribution >= 4 is 34.1 Å². The van der Waals surface area contributed by atoms with Gasteiger partial charge in [0.15, 0.2) is 0 Å². The molecule has 0 amide bonds. The van der Waals surface area contributed by atoms with Gasteiger partial charge >= 0.3 is 6.18 Å². The average Bonchev–Trinajstić information content (AvgIpc) is 2.89. The van der Waals surface area contributed by atoms with Gasteiger partial charge in [-0.3, -0.25) is 0 Å². The highest BCUT2D eigenvalue weighted by Gasteiger charge is 2.31. The van der Waals surface area contributed by atoms with E-state index in [1.165, 1.54) is 12.3 Å². The van der Waals surface area contributed by atoms with Crippen molar-refractivity contribution in [3.05, 3.63) is 52.4 Å². The van der Waals surface area contributed by atoms with Crippen LogP contribution in [0.2, 0.25) is 10.2 Å². The quantitative estimate of drug-likeness (QED) is 0.582. The molecule has 0 radical (unpaired) electrons. The second-order valence-electron chi connectivity index (χ2n) is 4.42. The summed E-state index contributed by atoms with van der Waals surface area (Å²) in [6.07, 6.45) is -1.27. The highest BCUT2D eigenvalue weighted by Crippen LogP contribution is 2.38. The van der Waals surface area contributed by atoms with Gasteiger partial charge < -0.3 is 4.98 Å². The molecule has 0 spiro atoms. The molecule has 0 atom stereocenters. The summed E-state index contributed by atoms with van der Waals surface area (Å²) in [5, 5.41) is 1.01. The Hall–Kier alpha value is -1.72. The van der Waals surface area contributed by atoms with Crippen molar-refractivity contribution in [2.75, 3.05) is 0 Å². The van der Waals surface area contributed by atoms with Crippen molar-refractivity contribution in [1.82, 2.24) is 9.97 Å². The Bertz CT molecular complexity index is 825. The van der Waals surface area contributed by atoms with Crippen molar-refractivity contribution in [1.29, 1.82) is 0 Å². The first-order chi connectivity index (χ1) is 9.88. The molecule has 0 aliphatic heterocycles. The second-order valence-corrected chi connectivity index (χ2v) is 5.19. The first kappa shape index (κ1) is 14.2. The Morgan fingerprint density at radius 2 is 1.81 bits per heavy atom. The number of nitrogens with one attached hydrogen (secondary N) is 1. The second kappa shape index (κ2) is 4.93. The molecule has 0 saturated heterocycles. The Morgan fingerprint density at radius 3 is 2.48 bits per heavy atom. The van der Waals surface area contributed by atoms with Crippen LogP contribution < -0.4 is 0 Å². The summed E-state index contributed by atoms with van der Waals surface area (Å²) in [7, 11) is 0. The maximum absolute atomic E-state index is 12.7. The highest BCUT2D eigenvalue weighted by atomic mass is 35.5. The molecule has 2 aromatic heterocycles. The lowest BCUT2D eigenvalue weighted by Crippen LogP contribution is -2.04. The van der Waals surface area contributed by atoms with Gasteiger partial charge in [0.1, 0.15) is 5.15 Å². The zero-order chi connectivity index (χ0) is 15.2. The molecule has 0 fully saturated rings. The van der Waals surface area contributed by atoms with Gasteiger partial charge in [-0.1, -0.05) is 29.3 Å². The minimum atomic E-state index is -4.43. The van der Waals surface area contributed by atoms with Crippen molar-refractivity contribution in [3.63, 3.8) is 0 Å². The maximum atomic E-state index is 12.7. The largest absolute Gasteiger partial charge is 0.416 e. The third-order valence-electron chi connectivity index (χ3n) is 3.13. The van der Waals surface area contributed by atoms with Crippen LogP contribution in [0.1, 0.15) is 5.56 Å². The van der Waals surface area contributed by atoms with E-state index in [1.54, 1.807) is 12.3 Å². The summed E-state index contributed by atoms with van der Waals surface area (Å²) in [6, 6.07) is 4.97. The van der Waals surface area contributed by atoms with Gasteiger partial charge in [-0.05, 0) is 18.2 Å². The van der Waals surface area contributed by atoms with Crippen molar-refractivity contribution in [2.24, 2.45) is 0 Å². The molecule has 21 heavy (non-hydrogen) atoms. The molecule has 0 aliphatic carbocycles. The molecule has 1 N–H and O–H groups in total. The molecule has 1 aromatic carbocycles. The number of benzene rings is 1. The molecule has 0 aliphatic rings. The van der Waals surface area contributed by atoms with Crippen LogP contribution >= 0.6 is 23.2 Å². The maximum Gasteiger partial charge on any atom is 0.416 e. The summed E-state index contributed by atoms with van der Waals surface area (Å²) in [6.45, 7) is 0. The standard InChI is InChI=1S/C14H7Cl2F3N2/c15-11-5-7(14(17,18)19)1-2-8(11)10-6-21-13(16)9-3-4-20-12(9)10/h1-6,20H. The molecule has 0 unspecified atom stereocenters. The number of rotatable bonds is 1. The Morgan fingerprint density at radius 1 is 1.05 bits per heavy atom. The van der Waals surface area contributed by atoms with Crippen molar-refractivity contribution in [2.45, 2.75) is 6.18 Å². The van der Waals surface area contributed by atoms with Crippen LogP contribution in [-0.2, 0) is 6.18 Å². The molecule has 108 valence electrons. The van der Waals surface area contributed by atoms with Crippen LogP contribution in [0.25, 0.3) is 22.0 Å². The van der Waals surface area contributed by atoms with Gasteiger partial charge in [0.2, 0.25) is 0 Å². The van der Waals surface area contributed by atoms with E-state index in [-0.39, 0.29) is 5.02 Å². The third-order valence-corrected chi connectivity index (χ3v) is 3.75.